The van der Waals surface area contributed by atoms with Gasteiger partial charge in [-0.1, -0.05) is 0 Å². The van der Waals surface area contributed by atoms with Crippen LogP contribution in [0, 0.1) is 5.41 Å². The van der Waals surface area contributed by atoms with Gasteiger partial charge in [0.05, 0.1) is 17.1 Å². The fourth-order valence-corrected chi connectivity index (χ4v) is 2.63. The number of nitrogens with one attached hydrogen (secondary N) is 3. The molecule has 8 heteroatoms. The maximum Gasteiger partial charge on any atom is 0.320 e. The predicted octanol–water partition coefficient (Wildman–Crippen LogP) is 1.88. The van der Waals surface area contributed by atoms with Crippen LogP contribution in [0.15, 0.2) is 30.6 Å². The summed E-state index contributed by atoms with van der Waals surface area (Å²) in [6, 6.07) is 4.92. The number of urea groups is 1. The molecule has 0 radical (unpaired) electrons. The lowest BCUT2D eigenvalue weighted by Gasteiger charge is -2.11. The summed E-state index contributed by atoms with van der Waals surface area (Å²) in [6.45, 7) is 1.24. The van der Waals surface area contributed by atoms with Crippen molar-refractivity contribution in [2.24, 2.45) is 5.73 Å². The zero-order valence-electron chi connectivity index (χ0n) is 13.7. The molecule has 2 aromatic heterocycles. The summed E-state index contributed by atoms with van der Waals surface area (Å²) >= 11 is 0. The first-order valence-corrected chi connectivity index (χ1v) is 8.05. The van der Waals surface area contributed by atoms with Crippen LogP contribution in [0.3, 0.4) is 0 Å². The summed E-state index contributed by atoms with van der Waals surface area (Å²) in [5, 5.41) is 12.8. The Labute approximate surface area is 145 Å². The van der Waals surface area contributed by atoms with Crippen molar-refractivity contribution in [1.82, 2.24) is 15.3 Å². The molecular weight excluding hydrogens is 320 g/mol. The quantitative estimate of drug-likeness (QED) is 0.618. The van der Waals surface area contributed by atoms with Crippen LogP contribution >= 0.6 is 0 Å². The molecule has 3 heterocycles. The van der Waals surface area contributed by atoms with Gasteiger partial charge in [-0.15, -0.1) is 0 Å². The van der Waals surface area contributed by atoms with E-state index in [-0.39, 0.29) is 12.1 Å². The Bertz CT molecular complexity index is 814. The van der Waals surface area contributed by atoms with E-state index in [2.05, 4.69) is 20.6 Å². The van der Waals surface area contributed by atoms with E-state index >= 15 is 0 Å². The molecule has 2 amide bonds. The van der Waals surface area contributed by atoms with Crippen LogP contribution in [0.2, 0.25) is 0 Å². The van der Waals surface area contributed by atoms with E-state index < -0.39 is 0 Å². The molecule has 0 aliphatic carbocycles. The van der Waals surface area contributed by atoms with Crippen LogP contribution in [0.5, 0.6) is 0 Å². The van der Waals surface area contributed by atoms with E-state index in [1.807, 2.05) is 0 Å². The van der Waals surface area contributed by atoms with Crippen molar-refractivity contribution in [3.8, 4) is 0 Å². The Morgan fingerprint density at radius 3 is 3.04 bits per heavy atom. The summed E-state index contributed by atoms with van der Waals surface area (Å²) < 4.78 is 5.47. The zero-order valence-corrected chi connectivity index (χ0v) is 13.7. The molecule has 1 aliphatic rings. The van der Waals surface area contributed by atoms with Gasteiger partial charge in [0, 0.05) is 42.9 Å². The molecule has 2 aromatic rings. The largest absolute Gasteiger partial charge is 0.404 e. The number of rotatable bonds is 5. The minimum absolute atomic E-state index is 0.0877. The molecule has 25 heavy (non-hydrogen) atoms. The molecule has 0 bridgehead atoms. The third-order valence-electron chi connectivity index (χ3n) is 3.96. The van der Waals surface area contributed by atoms with Crippen molar-refractivity contribution in [3.05, 3.63) is 36.2 Å². The topological polar surface area (TPSA) is 126 Å². The average molecular weight is 340 g/mol. The van der Waals surface area contributed by atoms with E-state index in [0.717, 1.165) is 25.7 Å². The molecule has 3 rings (SSSR count). The van der Waals surface area contributed by atoms with Gasteiger partial charge < -0.3 is 21.2 Å². The fraction of sp³-hybridized carbons (Fsp3) is 0.294. The second-order valence-electron chi connectivity index (χ2n) is 5.70. The van der Waals surface area contributed by atoms with Gasteiger partial charge >= 0.3 is 6.03 Å². The van der Waals surface area contributed by atoms with Gasteiger partial charge in [-0.05, 0) is 31.0 Å². The van der Waals surface area contributed by atoms with Crippen LogP contribution < -0.4 is 16.4 Å². The van der Waals surface area contributed by atoms with Gasteiger partial charge in [0.1, 0.15) is 5.82 Å². The van der Waals surface area contributed by atoms with Crippen molar-refractivity contribution in [2.75, 3.05) is 18.5 Å². The van der Waals surface area contributed by atoms with E-state index in [9.17, 15) is 4.79 Å². The van der Waals surface area contributed by atoms with Gasteiger partial charge in [0.25, 0.3) is 0 Å². The van der Waals surface area contributed by atoms with Crippen LogP contribution in [0.1, 0.15) is 18.4 Å². The Balaban J connectivity index is 1.70. The molecular formula is C17H20N6O2. The Kier molecular flexibility index (Phi) is 5.20. The highest BCUT2D eigenvalue weighted by atomic mass is 16.5. The first-order valence-electron chi connectivity index (χ1n) is 8.05. The second kappa shape index (κ2) is 7.71. The SMILES string of the molecule is N=C/C(=C\N)c1cnc2ccc(NC(=O)NC[C@H]3CCCO3)nc2c1. The molecule has 1 fully saturated rings. The fourth-order valence-electron chi connectivity index (χ4n) is 2.63. The number of fused-ring (bicyclic) bond motifs is 1. The van der Waals surface area contributed by atoms with Gasteiger partial charge in [-0.25, -0.2) is 9.78 Å². The monoisotopic (exact) mass is 340 g/mol. The molecule has 130 valence electrons. The molecule has 0 unspecified atom stereocenters. The van der Waals surface area contributed by atoms with Crippen LogP contribution in [-0.4, -0.2) is 41.5 Å². The lowest BCUT2D eigenvalue weighted by molar-refractivity contribution is 0.112. The number of amides is 2. The molecule has 0 spiro atoms. The number of hydrogen-bond acceptors (Lipinski definition) is 6. The molecule has 5 N–H and O–H groups in total. The molecule has 1 aliphatic heterocycles. The number of ether oxygens (including phenoxy) is 1. The molecule has 1 saturated heterocycles. The maximum absolute atomic E-state index is 12.0. The molecule has 8 nitrogen and oxygen atoms in total. The van der Waals surface area contributed by atoms with E-state index in [0.29, 0.717) is 34.5 Å². The maximum atomic E-state index is 12.0. The number of carbonyl (C=O) groups excluding carboxylic acids is 1. The summed E-state index contributed by atoms with van der Waals surface area (Å²) in [6.07, 6.45) is 6.22. The van der Waals surface area contributed by atoms with Crippen LogP contribution in [-0.2, 0) is 4.74 Å². The highest BCUT2D eigenvalue weighted by Crippen LogP contribution is 2.18. The minimum Gasteiger partial charge on any atom is -0.404 e. The lowest BCUT2D eigenvalue weighted by Crippen LogP contribution is -2.35. The molecule has 1 atom stereocenters. The second-order valence-corrected chi connectivity index (χ2v) is 5.70. The van der Waals surface area contributed by atoms with Crippen LogP contribution in [0.4, 0.5) is 10.6 Å². The molecule has 0 aromatic carbocycles. The predicted molar refractivity (Wildman–Crippen MR) is 96.5 cm³/mol. The number of pyridine rings is 2. The Hall–Kier alpha value is -3.00. The van der Waals surface area contributed by atoms with E-state index in [1.54, 1.807) is 24.4 Å². The standard InChI is InChI=1S/C17H20N6O2/c18-7-12(8-19)11-6-15-14(20-9-11)3-4-16(22-15)23-17(24)21-10-13-2-1-5-25-13/h3-4,6-9,13,18H,1-2,5,10,19H2,(H2,21,22,23,24)/b12-8+,18-7?/t13-/m1/s1. The van der Waals surface area contributed by atoms with Crippen LogP contribution in [0.25, 0.3) is 16.6 Å². The zero-order chi connectivity index (χ0) is 17.6. The van der Waals surface area contributed by atoms with Crippen molar-refractivity contribution < 1.29 is 9.53 Å². The van der Waals surface area contributed by atoms with Gasteiger partial charge in [0.2, 0.25) is 0 Å². The molecule has 0 saturated carbocycles. The number of nitrogens with zero attached hydrogens (tertiary/aromatic N) is 2. The highest BCUT2D eigenvalue weighted by Gasteiger charge is 2.16. The lowest BCUT2D eigenvalue weighted by atomic mass is 10.1. The Morgan fingerprint density at radius 1 is 1.44 bits per heavy atom. The van der Waals surface area contributed by atoms with Crippen molar-refractivity contribution in [3.63, 3.8) is 0 Å². The first-order chi connectivity index (χ1) is 12.2. The first kappa shape index (κ1) is 16.8. The summed E-state index contributed by atoms with van der Waals surface area (Å²) in [5.41, 5.74) is 8.04. The number of anilines is 1. The summed E-state index contributed by atoms with van der Waals surface area (Å²) in [7, 11) is 0. The summed E-state index contributed by atoms with van der Waals surface area (Å²) in [5.74, 6) is 0.421. The number of carbonyl (C=O) groups is 1. The third kappa shape index (κ3) is 4.10. The van der Waals surface area contributed by atoms with Gasteiger partial charge in [-0.2, -0.15) is 0 Å². The number of allylic oxidation sites excluding steroid dienone is 1. The smallest absolute Gasteiger partial charge is 0.320 e. The van der Waals surface area contributed by atoms with Crippen molar-refractivity contribution in [1.29, 1.82) is 5.41 Å². The third-order valence-corrected chi connectivity index (χ3v) is 3.96. The minimum atomic E-state index is -0.325. The normalized spacial score (nSPS) is 17.4. The van der Waals surface area contributed by atoms with Gasteiger partial charge in [-0.3, -0.25) is 10.3 Å². The number of nitrogens with two attached hydrogens (primary N) is 1. The van der Waals surface area contributed by atoms with Crippen molar-refractivity contribution in [2.45, 2.75) is 18.9 Å². The van der Waals surface area contributed by atoms with Gasteiger partial charge in [0.15, 0.2) is 0 Å². The summed E-state index contributed by atoms with van der Waals surface area (Å²) in [4.78, 5) is 20.7. The van der Waals surface area contributed by atoms with Crippen molar-refractivity contribution >= 4 is 34.7 Å². The number of hydrogen-bond donors (Lipinski definition) is 4. The Morgan fingerprint density at radius 2 is 2.32 bits per heavy atom. The number of aromatic nitrogens is 2. The average Bonchev–Trinajstić information content (AvgIpc) is 3.14. The van der Waals surface area contributed by atoms with E-state index in [4.69, 9.17) is 15.9 Å². The highest BCUT2D eigenvalue weighted by molar-refractivity contribution is 6.08. The van der Waals surface area contributed by atoms with E-state index in [1.165, 1.54) is 6.20 Å².